The highest BCUT2D eigenvalue weighted by molar-refractivity contribution is 5.87. The second-order valence-corrected chi connectivity index (χ2v) is 5.34. The fraction of sp³-hybridized carbons (Fsp3) is 0. The number of hydrogen-bond donors (Lipinski definition) is 2. The molecular formula is C17H11N5O4. The summed E-state index contributed by atoms with van der Waals surface area (Å²) in [6, 6.07) is 8.38. The van der Waals surface area contributed by atoms with Crippen LogP contribution in [0.5, 0.6) is 11.5 Å². The molecule has 0 radical (unpaired) electrons. The summed E-state index contributed by atoms with van der Waals surface area (Å²) in [5, 5.41) is 13.2. The normalized spacial score (nSPS) is 10.8. The largest absolute Gasteiger partial charge is 0.478 e. The zero-order valence-corrected chi connectivity index (χ0v) is 13.2. The lowest BCUT2D eigenvalue weighted by Gasteiger charge is -2.07. The molecule has 9 nitrogen and oxygen atoms in total. The molecule has 1 aromatic carbocycles. The summed E-state index contributed by atoms with van der Waals surface area (Å²) in [4.78, 5) is 34.2. The number of hydrogen-bond acceptors (Lipinski definition) is 6. The molecule has 0 saturated carbocycles. The molecule has 0 unspecified atom stereocenters. The Balaban J connectivity index is 1.73. The number of aromatic carboxylic acids is 1. The number of nitrogens with zero attached hydrogens (tertiary/aromatic N) is 4. The van der Waals surface area contributed by atoms with Crippen LogP contribution in [0.3, 0.4) is 0 Å². The van der Waals surface area contributed by atoms with Gasteiger partial charge in [-0.1, -0.05) is 0 Å². The van der Waals surface area contributed by atoms with Gasteiger partial charge < -0.3 is 9.84 Å². The van der Waals surface area contributed by atoms with Crippen LogP contribution in [-0.4, -0.2) is 35.8 Å². The van der Waals surface area contributed by atoms with Crippen molar-refractivity contribution in [2.75, 3.05) is 0 Å². The molecule has 2 N–H and O–H groups in total. The Morgan fingerprint density at radius 2 is 2.08 bits per heavy atom. The number of rotatable bonds is 4. The summed E-state index contributed by atoms with van der Waals surface area (Å²) in [7, 11) is 0. The summed E-state index contributed by atoms with van der Waals surface area (Å²) < 4.78 is 6.86. The first-order valence-electron chi connectivity index (χ1n) is 7.50. The molecule has 0 aliphatic rings. The molecule has 0 aliphatic carbocycles. The van der Waals surface area contributed by atoms with E-state index in [9.17, 15) is 9.59 Å². The van der Waals surface area contributed by atoms with Crippen LogP contribution in [0.1, 0.15) is 10.4 Å². The van der Waals surface area contributed by atoms with Crippen LogP contribution < -0.4 is 10.3 Å². The molecule has 0 aliphatic heterocycles. The first-order valence-corrected chi connectivity index (χ1v) is 7.50. The van der Waals surface area contributed by atoms with Crippen LogP contribution in [0.2, 0.25) is 0 Å². The average Bonchev–Trinajstić information content (AvgIpc) is 3.13. The maximum absolute atomic E-state index is 12.4. The Morgan fingerprint density at radius 1 is 1.19 bits per heavy atom. The number of ether oxygens (including phenoxy) is 1. The molecule has 0 saturated heterocycles. The van der Waals surface area contributed by atoms with Gasteiger partial charge in [0.25, 0.3) is 5.56 Å². The second kappa shape index (κ2) is 6.13. The Bertz CT molecular complexity index is 1170. The highest BCUT2D eigenvalue weighted by Gasteiger charge is 2.11. The summed E-state index contributed by atoms with van der Waals surface area (Å²) in [5.74, 6) is 0.0240. The van der Waals surface area contributed by atoms with Gasteiger partial charge in [0.15, 0.2) is 0 Å². The van der Waals surface area contributed by atoms with E-state index in [1.54, 1.807) is 42.7 Å². The van der Waals surface area contributed by atoms with E-state index in [0.717, 1.165) is 0 Å². The number of aromatic amines is 1. The van der Waals surface area contributed by atoms with Crippen LogP contribution in [0, 0.1) is 0 Å². The minimum absolute atomic E-state index is 0.00651. The molecule has 128 valence electrons. The van der Waals surface area contributed by atoms with Crippen LogP contribution >= 0.6 is 0 Å². The molecule has 0 amide bonds. The topological polar surface area (TPSA) is 123 Å². The van der Waals surface area contributed by atoms with Gasteiger partial charge >= 0.3 is 5.97 Å². The molecule has 4 rings (SSSR count). The number of nitrogens with one attached hydrogen (secondary N) is 1. The van der Waals surface area contributed by atoms with Crippen molar-refractivity contribution in [3.63, 3.8) is 0 Å². The van der Waals surface area contributed by atoms with Crippen LogP contribution in [0.4, 0.5) is 0 Å². The van der Waals surface area contributed by atoms with Gasteiger partial charge in [-0.15, -0.1) is 0 Å². The van der Waals surface area contributed by atoms with E-state index >= 15 is 0 Å². The molecule has 4 aromatic rings. The van der Waals surface area contributed by atoms with Crippen molar-refractivity contribution in [3.05, 3.63) is 71.0 Å². The van der Waals surface area contributed by atoms with Crippen LogP contribution in [0.25, 0.3) is 16.9 Å². The number of fused-ring (bicyclic) bond motifs is 1. The minimum atomic E-state index is -1.11. The molecule has 0 fully saturated rings. The highest BCUT2D eigenvalue weighted by Crippen LogP contribution is 2.23. The third kappa shape index (κ3) is 2.88. The predicted octanol–water partition coefficient (Wildman–Crippen LogP) is 1.99. The van der Waals surface area contributed by atoms with Crippen LogP contribution in [0.15, 0.2) is 59.9 Å². The molecule has 0 bridgehead atoms. The van der Waals surface area contributed by atoms with Crippen molar-refractivity contribution in [2.24, 2.45) is 0 Å². The molecule has 0 atom stereocenters. The number of pyridine rings is 1. The number of benzene rings is 1. The third-order valence-electron chi connectivity index (χ3n) is 3.58. The Labute approximate surface area is 145 Å². The van der Waals surface area contributed by atoms with E-state index in [1.165, 1.54) is 17.1 Å². The van der Waals surface area contributed by atoms with Gasteiger partial charge in [0.05, 0.1) is 28.9 Å². The highest BCUT2D eigenvalue weighted by atomic mass is 16.5. The molecule has 0 spiro atoms. The lowest BCUT2D eigenvalue weighted by molar-refractivity contribution is 0.0697. The standard InChI is InChI=1S/C17H11N5O4/c23-15-13-6-11(26-12-2-1-5-18-8-12)3-4-14(13)20-17(21-15)22-9-10(7-19-22)16(24)25/h1-9H,(H,24,25)(H,20,21,23). The van der Waals surface area contributed by atoms with E-state index in [0.29, 0.717) is 22.4 Å². The van der Waals surface area contributed by atoms with Gasteiger partial charge in [0, 0.05) is 12.4 Å². The van der Waals surface area contributed by atoms with Crippen molar-refractivity contribution < 1.29 is 14.6 Å². The SMILES string of the molecule is O=C(O)c1cnn(-c2nc3ccc(Oc4cccnc4)cc3c(=O)[nH]2)c1. The van der Waals surface area contributed by atoms with Gasteiger partial charge in [-0.3, -0.25) is 14.8 Å². The predicted molar refractivity (Wildman–Crippen MR) is 90.8 cm³/mol. The smallest absolute Gasteiger partial charge is 0.338 e. The molecule has 9 heteroatoms. The maximum atomic E-state index is 12.4. The molecular weight excluding hydrogens is 338 g/mol. The van der Waals surface area contributed by atoms with Gasteiger partial charge in [0.2, 0.25) is 5.95 Å². The molecule has 26 heavy (non-hydrogen) atoms. The number of carboxylic acid groups (broad SMARTS) is 1. The average molecular weight is 349 g/mol. The van der Waals surface area contributed by atoms with Crippen molar-refractivity contribution in [3.8, 4) is 17.4 Å². The third-order valence-corrected chi connectivity index (χ3v) is 3.58. The fourth-order valence-corrected chi connectivity index (χ4v) is 2.37. The summed E-state index contributed by atoms with van der Waals surface area (Å²) >= 11 is 0. The van der Waals surface area contributed by atoms with E-state index in [1.807, 2.05) is 0 Å². The zero-order valence-electron chi connectivity index (χ0n) is 13.2. The number of carbonyl (C=O) groups is 1. The Morgan fingerprint density at radius 3 is 2.81 bits per heavy atom. The number of carboxylic acids is 1. The Hall–Kier alpha value is -4.01. The van der Waals surface area contributed by atoms with E-state index in [-0.39, 0.29) is 11.5 Å². The minimum Gasteiger partial charge on any atom is -0.478 e. The zero-order chi connectivity index (χ0) is 18.1. The van der Waals surface area contributed by atoms with Crippen molar-refractivity contribution in [2.45, 2.75) is 0 Å². The number of H-pyrrole nitrogens is 1. The van der Waals surface area contributed by atoms with Gasteiger partial charge in [-0.05, 0) is 30.3 Å². The quantitative estimate of drug-likeness (QED) is 0.577. The lowest BCUT2D eigenvalue weighted by Crippen LogP contribution is -2.14. The second-order valence-electron chi connectivity index (χ2n) is 5.34. The van der Waals surface area contributed by atoms with Gasteiger partial charge in [-0.25, -0.2) is 14.5 Å². The fourth-order valence-electron chi connectivity index (χ4n) is 2.37. The summed E-state index contributed by atoms with van der Waals surface area (Å²) in [6.07, 6.45) is 5.64. The van der Waals surface area contributed by atoms with E-state index < -0.39 is 11.5 Å². The monoisotopic (exact) mass is 349 g/mol. The van der Waals surface area contributed by atoms with E-state index in [4.69, 9.17) is 9.84 Å². The van der Waals surface area contributed by atoms with Crippen molar-refractivity contribution in [1.29, 1.82) is 0 Å². The maximum Gasteiger partial charge on any atom is 0.338 e. The Kier molecular flexibility index (Phi) is 3.66. The van der Waals surface area contributed by atoms with E-state index in [2.05, 4.69) is 20.1 Å². The first kappa shape index (κ1) is 15.5. The first-order chi connectivity index (χ1) is 12.6. The number of aromatic nitrogens is 5. The molecule has 3 aromatic heterocycles. The van der Waals surface area contributed by atoms with Crippen LogP contribution in [-0.2, 0) is 0 Å². The van der Waals surface area contributed by atoms with Gasteiger partial charge in [-0.2, -0.15) is 5.10 Å². The lowest BCUT2D eigenvalue weighted by atomic mass is 10.2. The summed E-state index contributed by atoms with van der Waals surface area (Å²) in [6.45, 7) is 0. The van der Waals surface area contributed by atoms with Gasteiger partial charge in [0.1, 0.15) is 11.5 Å². The van der Waals surface area contributed by atoms with Crippen molar-refractivity contribution in [1.82, 2.24) is 24.7 Å². The summed E-state index contributed by atoms with van der Waals surface area (Å²) in [5.41, 5.74) is 0.0247. The molecule has 3 heterocycles. The van der Waals surface area contributed by atoms with Crippen molar-refractivity contribution >= 4 is 16.9 Å².